The number of carbonyl (C=O) groups excluding carboxylic acids is 1. The summed E-state index contributed by atoms with van der Waals surface area (Å²) in [7, 11) is 0. The molecule has 0 bridgehead atoms. The average molecular weight is 256 g/mol. The summed E-state index contributed by atoms with van der Waals surface area (Å²) in [6.07, 6.45) is 2.31. The van der Waals surface area contributed by atoms with Crippen LogP contribution in [0.2, 0.25) is 0 Å². The highest BCUT2D eigenvalue weighted by molar-refractivity contribution is 5.97. The molecule has 0 aromatic heterocycles. The van der Waals surface area contributed by atoms with Gasteiger partial charge in [0.25, 0.3) is 0 Å². The van der Waals surface area contributed by atoms with Crippen molar-refractivity contribution in [2.24, 2.45) is 5.41 Å². The lowest BCUT2D eigenvalue weighted by Gasteiger charge is -2.33. The lowest BCUT2D eigenvalue weighted by molar-refractivity contribution is -0.126. The molecule has 3 heteroatoms. The number of nitrogens with zero attached hydrogens (tertiary/aromatic N) is 1. The fourth-order valence-corrected chi connectivity index (χ4v) is 2.22. The average Bonchev–Trinajstić information content (AvgIpc) is 2.27. The second-order valence-electron chi connectivity index (χ2n) is 6.33. The molecule has 1 aromatic rings. The molecule has 0 unspecified atom stereocenters. The largest absolute Gasteiger partial charge is 0.325 e. The Morgan fingerprint density at radius 3 is 2.21 bits per heavy atom. The molecule has 0 atom stereocenters. The molecule has 1 aromatic carbocycles. The Kier molecular flexibility index (Phi) is 3.36. The second kappa shape index (κ2) is 4.70. The standard InChI is InChI=1S/C16H20N2O/c1-15(2,3)12-5-7-13(8-6-12)18-14(19)16(11-17)9-4-10-16/h5-8H,4,9-10H2,1-3H3,(H,18,19). The molecule has 1 N–H and O–H groups in total. The summed E-state index contributed by atoms with van der Waals surface area (Å²) in [6, 6.07) is 10.0. The van der Waals surface area contributed by atoms with E-state index in [0.29, 0.717) is 12.8 Å². The van der Waals surface area contributed by atoms with E-state index in [1.54, 1.807) is 0 Å². The van der Waals surface area contributed by atoms with E-state index >= 15 is 0 Å². The van der Waals surface area contributed by atoms with Crippen LogP contribution >= 0.6 is 0 Å². The second-order valence-corrected chi connectivity index (χ2v) is 6.33. The maximum absolute atomic E-state index is 12.1. The van der Waals surface area contributed by atoms with E-state index in [4.69, 9.17) is 5.26 Å². The van der Waals surface area contributed by atoms with E-state index in [0.717, 1.165) is 12.1 Å². The van der Waals surface area contributed by atoms with Crippen molar-refractivity contribution in [3.05, 3.63) is 29.8 Å². The number of carbonyl (C=O) groups is 1. The summed E-state index contributed by atoms with van der Waals surface area (Å²) >= 11 is 0. The Bertz CT molecular complexity index is 513. The van der Waals surface area contributed by atoms with Gasteiger partial charge in [-0.05, 0) is 42.4 Å². The van der Waals surface area contributed by atoms with Crippen molar-refractivity contribution in [2.45, 2.75) is 45.4 Å². The summed E-state index contributed by atoms with van der Waals surface area (Å²) in [4.78, 5) is 12.1. The van der Waals surface area contributed by atoms with Gasteiger partial charge in [-0.25, -0.2) is 0 Å². The van der Waals surface area contributed by atoms with Gasteiger partial charge in [-0.3, -0.25) is 4.79 Å². The van der Waals surface area contributed by atoms with Crippen LogP contribution in [0.1, 0.15) is 45.6 Å². The molecule has 1 fully saturated rings. The zero-order chi connectivity index (χ0) is 14.1. The van der Waals surface area contributed by atoms with Crippen molar-refractivity contribution in [1.82, 2.24) is 0 Å². The topological polar surface area (TPSA) is 52.9 Å². The van der Waals surface area contributed by atoms with Gasteiger partial charge >= 0.3 is 0 Å². The maximum Gasteiger partial charge on any atom is 0.244 e. The van der Waals surface area contributed by atoms with Crippen LogP contribution in [0.5, 0.6) is 0 Å². The molecule has 2 rings (SSSR count). The Labute approximate surface area is 114 Å². The Balaban J connectivity index is 2.08. The van der Waals surface area contributed by atoms with Gasteiger partial charge in [0, 0.05) is 5.69 Å². The maximum atomic E-state index is 12.1. The van der Waals surface area contributed by atoms with Crippen LogP contribution in [0.25, 0.3) is 0 Å². The van der Waals surface area contributed by atoms with Gasteiger partial charge in [0.1, 0.15) is 5.41 Å². The molecule has 0 aliphatic heterocycles. The van der Waals surface area contributed by atoms with Crippen molar-refractivity contribution >= 4 is 11.6 Å². The van der Waals surface area contributed by atoms with Crippen LogP contribution in [0.15, 0.2) is 24.3 Å². The summed E-state index contributed by atoms with van der Waals surface area (Å²) in [5.74, 6) is -0.162. The SMILES string of the molecule is CC(C)(C)c1ccc(NC(=O)C2(C#N)CCC2)cc1. The third-order valence-corrected chi connectivity index (χ3v) is 3.86. The quantitative estimate of drug-likeness (QED) is 0.878. The van der Waals surface area contributed by atoms with Gasteiger partial charge in [0.05, 0.1) is 6.07 Å². The number of hydrogen-bond acceptors (Lipinski definition) is 2. The molecule has 1 amide bonds. The Hall–Kier alpha value is -1.82. The monoisotopic (exact) mass is 256 g/mol. The van der Waals surface area contributed by atoms with E-state index in [1.165, 1.54) is 5.56 Å². The summed E-state index contributed by atoms with van der Waals surface area (Å²) < 4.78 is 0. The van der Waals surface area contributed by atoms with Crippen molar-refractivity contribution in [1.29, 1.82) is 5.26 Å². The molecule has 0 radical (unpaired) electrons. The number of hydrogen-bond donors (Lipinski definition) is 1. The summed E-state index contributed by atoms with van der Waals surface area (Å²) in [5.41, 5.74) is 1.30. The number of anilines is 1. The lowest BCUT2D eigenvalue weighted by Crippen LogP contribution is -2.40. The zero-order valence-corrected chi connectivity index (χ0v) is 11.8. The number of benzene rings is 1. The van der Waals surface area contributed by atoms with Gasteiger partial charge in [-0.2, -0.15) is 5.26 Å². The highest BCUT2D eigenvalue weighted by atomic mass is 16.2. The molecular formula is C16H20N2O. The van der Waals surface area contributed by atoms with Gasteiger partial charge < -0.3 is 5.32 Å². The first-order valence-corrected chi connectivity index (χ1v) is 6.71. The van der Waals surface area contributed by atoms with Crippen LogP contribution in [0, 0.1) is 16.7 Å². The number of nitrogens with one attached hydrogen (secondary N) is 1. The van der Waals surface area contributed by atoms with Crippen molar-refractivity contribution < 1.29 is 4.79 Å². The molecule has 0 saturated heterocycles. The molecule has 1 aliphatic rings. The molecule has 100 valence electrons. The fourth-order valence-electron chi connectivity index (χ4n) is 2.22. The zero-order valence-electron chi connectivity index (χ0n) is 11.8. The van der Waals surface area contributed by atoms with Gasteiger partial charge in [0.15, 0.2) is 0 Å². The van der Waals surface area contributed by atoms with Crippen LogP contribution < -0.4 is 5.32 Å². The van der Waals surface area contributed by atoms with E-state index < -0.39 is 5.41 Å². The first kappa shape index (κ1) is 13.6. The molecule has 0 spiro atoms. The minimum atomic E-state index is -0.789. The molecule has 1 saturated carbocycles. The smallest absolute Gasteiger partial charge is 0.244 e. The van der Waals surface area contributed by atoms with Crippen molar-refractivity contribution in [3.63, 3.8) is 0 Å². The molecule has 19 heavy (non-hydrogen) atoms. The van der Waals surface area contributed by atoms with Crippen LogP contribution in [0.4, 0.5) is 5.69 Å². The van der Waals surface area contributed by atoms with Crippen LogP contribution in [-0.2, 0) is 10.2 Å². The molecule has 3 nitrogen and oxygen atoms in total. The molecular weight excluding hydrogens is 236 g/mol. The van der Waals surface area contributed by atoms with Gasteiger partial charge in [-0.15, -0.1) is 0 Å². The predicted molar refractivity (Wildman–Crippen MR) is 75.7 cm³/mol. The van der Waals surface area contributed by atoms with Crippen molar-refractivity contribution in [3.8, 4) is 6.07 Å². The van der Waals surface area contributed by atoms with Crippen LogP contribution in [0.3, 0.4) is 0 Å². The summed E-state index contributed by atoms with van der Waals surface area (Å²) in [6.45, 7) is 6.46. The van der Waals surface area contributed by atoms with Crippen LogP contribution in [-0.4, -0.2) is 5.91 Å². The van der Waals surface area contributed by atoms with E-state index in [9.17, 15) is 4.79 Å². The highest BCUT2D eigenvalue weighted by Gasteiger charge is 2.44. The van der Waals surface area contributed by atoms with E-state index in [-0.39, 0.29) is 11.3 Å². The third kappa shape index (κ3) is 2.63. The molecule has 0 heterocycles. The van der Waals surface area contributed by atoms with E-state index in [1.807, 2.05) is 24.3 Å². The lowest BCUT2D eigenvalue weighted by atomic mass is 9.69. The minimum Gasteiger partial charge on any atom is -0.325 e. The number of nitriles is 1. The summed E-state index contributed by atoms with van der Waals surface area (Å²) in [5, 5.41) is 12.0. The Morgan fingerprint density at radius 1 is 1.26 bits per heavy atom. The normalized spacial score (nSPS) is 17.2. The number of amides is 1. The first-order chi connectivity index (χ1) is 8.87. The Morgan fingerprint density at radius 2 is 1.84 bits per heavy atom. The third-order valence-electron chi connectivity index (χ3n) is 3.86. The van der Waals surface area contributed by atoms with Gasteiger partial charge in [0.2, 0.25) is 5.91 Å². The minimum absolute atomic E-state index is 0.102. The fraction of sp³-hybridized carbons (Fsp3) is 0.500. The van der Waals surface area contributed by atoms with Gasteiger partial charge in [-0.1, -0.05) is 32.9 Å². The van der Waals surface area contributed by atoms with E-state index in [2.05, 4.69) is 32.2 Å². The number of rotatable bonds is 2. The molecule has 1 aliphatic carbocycles. The highest BCUT2D eigenvalue weighted by Crippen LogP contribution is 2.41. The first-order valence-electron chi connectivity index (χ1n) is 6.71. The van der Waals surface area contributed by atoms with Crippen molar-refractivity contribution in [2.75, 3.05) is 5.32 Å². The predicted octanol–water partition coefficient (Wildman–Crippen LogP) is 3.62.